The molecule has 2 N–H and O–H groups in total. The summed E-state index contributed by atoms with van der Waals surface area (Å²) in [7, 11) is 1.54. The van der Waals surface area contributed by atoms with Crippen LogP contribution < -0.4 is 4.74 Å². The predicted molar refractivity (Wildman–Crippen MR) is 124 cm³/mol. The van der Waals surface area contributed by atoms with E-state index in [1.807, 2.05) is 29.2 Å². The third-order valence-electron chi connectivity index (χ3n) is 6.51. The Hall–Kier alpha value is -3.85. The van der Waals surface area contributed by atoms with E-state index in [0.717, 1.165) is 11.1 Å². The number of nitrogens with zero attached hydrogens (tertiary/aromatic N) is 3. The van der Waals surface area contributed by atoms with Crippen LogP contribution in [0.3, 0.4) is 0 Å². The van der Waals surface area contributed by atoms with E-state index in [9.17, 15) is 19.8 Å². The maximum atomic E-state index is 12.5. The molecule has 2 aromatic heterocycles. The zero-order valence-electron chi connectivity index (χ0n) is 18.7. The number of benzene rings is 2. The molecular weight excluding hydrogens is 438 g/mol. The van der Waals surface area contributed by atoms with Gasteiger partial charge in [0.1, 0.15) is 23.9 Å². The quantitative estimate of drug-likeness (QED) is 0.424. The Balaban J connectivity index is 1.44. The first-order valence-corrected chi connectivity index (χ1v) is 11.2. The number of rotatable bonds is 7. The van der Waals surface area contributed by atoms with Crippen LogP contribution in [0.15, 0.2) is 53.1 Å². The van der Waals surface area contributed by atoms with Gasteiger partial charge >= 0.3 is 11.9 Å². The van der Waals surface area contributed by atoms with Gasteiger partial charge in [0.05, 0.1) is 7.11 Å². The number of piperidine rings is 1. The van der Waals surface area contributed by atoms with Crippen LogP contribution in [0.5, 0.6) is 5.75 Å². The number of ether oxygens (including phenoxy) is 1. The maximum absolute atomic E-state index is 12.5. The Bertz CT molecular complexity index is 1330. The summed E-state index contributed by atoms with van der Waals surface area (Å²) in [5.41, 5.74) is 2.79. The van der Waals surface area contributed by atoms with Gasteiger partial charge in [0, 0.05) is 41.7 Å². The fourth-order valence-corrected chi connectivity index (χ4v) is 4.88. The zero-order valence-corrected chi connectivity index (χ0v) is 18.7. The lowest BCUT2D eigenvalue weighted by Gasteiger charge is -2.34. The van der Waals surface area contributed by atoms with Crippen molar-refractivity contribution in [2.24, 2.45) is 0 Å². The van der Waals surface area contributed by atoms with Crippen LogP contribution in [0.1, 0.15) is 36.3 Å². The van der Waals surface area contributed by atoms with Crippen molar-refractivity contribution < 1.29 is 29.0 Å². The highest BCUT2D eigenvalue weighted by Crippen LogP contribution is 2.37. The van der Waals surface area contributed by atoms with E-state index in [0.29, 0.717) is 54.0 Å². The van der Waals surface area contributed by atoms with Gasteiger partial charge in [0.15, 0.2) is 11.5 Å². The average Bonchev–Trinajstić information content (AvgIpc) is 3.41. The molecular formula is C25H25N3O6. The molecule has 0 unspecified atom stereocenters. The standard InChI is InChI=1S/C25H25N3O6/c1-33-16-6-7-20-17(12-16)18(13-28(20)14-22(29)30)23(25(31)32)27-10-8-15(9-11-27)24-26-19-4-2-3-5-21(19)34-24/h2-7,12-13,15,23H,8-11,14H2,1H3,(H,29,30)(H,31,32)/t23-/m1/s1. The molecule has 34 heavy (non-hydrogen) atoms. The van der Waals surface area contributed by atoms with Crippen molar-refractivity contribution in [2.75, 3.05) is 20.2 Å². The molecule has 0 spiro atoms. The molecule has 9 heteroatoms. The number of carboxylic acid groups (broad SMARTS) is 2. The average molecular weight is 463 g/mol. The van der Waals surface area contributed by atoms with Crippen molar-refractivity contribution in [3.8, 4) is 5.75 Å². The summed E-state index contributed by atoms with van der Waals surface area (Å²) < 4.78 is 12.9. The molecule has 4 aromatic rings. The van der Waals surface area contributed by atoms with Gasteiger partial charge in [-0.15, -0.1) is 0 Å². The normalized spacial score (nSPS) is 16.1. The second kappa shape index (κ2) is 8.83. The fourth-order valence-electron chi connectivity index (χ4n) is 4.88. The number of likely N-dealkylation sites (tertiary alicyclic amines) is 1. The molecule has 0 radical (unpaired) electrons. The van der Waals surface area contributed by atoms with E-state index in [4.69, 9.17) is 9.15 Å². The monoisotopic (exact) mass is 463 g/mol. The lowest BCUT2D eigenvalue weighted by Crippen LogP contribution is -2.39. The third kappa shape index (κ3) is 3.99. The first-order valence-electron chi connectivity index (χ1n) is 11.2. The van der Waals surface area contributed by atoms with Gasteiger partial charge in [0.2, 0.25) is 0 Å². The Morgan fingerprint density at radius 3 is 2.62 bits per heavy atom. The number of oxazole rings is 1. The molecule has 0 bridgehead atoms. The molecule has 2 aromatic carbocycles. The summed E-state index contributed by atoms with van der Waals surface area (Å²) in [5, 5.41) is 20.2. The minimum atomic E-state index is -0.995. The number of carbonyl (C=O) groups is 2. The van der Waals surface area contributed by atoms with Gasteiger partial charge in [-0.3, -0.25) is 14.5 Å². The smallest absolute Gasteiger partial charge is 0.325 e. The van der Waals surface area contributed by atoms with Crippen molar-refractivity contribution >= 4 is 33.9 Å². The maximum Gasteiger partial charge on any atom is 0.325 e. The van der Waals surface area contributed by atoms with Gasteiger partial charge in [0.25, 0.3) is 0 Å². The lowest BCUT2D eigenvalue weighted by atomic mass is 9.94. The van der Waals surface area contributed by atoms with Crippen LogP contribution in [0.4, 0.5) is 0 Å². The van der Waals surface area contributed by atoms with Crippen LogP contribution in [-0.4, -0.2) is 56.8 Å². The molecule has 176 valence electrons. The topological polar surface area (TPSA) is 118 Å². The minimum absolute atomic E-state index is 0.117. The highest BCUT2D eigenvalue weighted by molar-refractivity contribution is 5.91. The van der Waals surface area contributed by atoms with Crippen molar-refractivity contribution in [3.05, 3.63) is 60.1 Å². The molecule has 1 aliphatic rings. The SMILES string of the molecule is COc1ccc2c(c1)c([C@H](C(=O)O)N1CCC(c3nc4ccccc4o3)CC1)cn2CC(=O)O. The van der Waals surface area contributed by atoms with Crippen LogP contribution in [0, 0.1) is 0 Å². The summed E-state index contributed by atoms with van der Waals surface area (Å²) in [5.74, 6) is -0.578. The van der Waals surface area contributed by atoms with Gasteiger partial charge in [-0.05, 0) is 43.2 Å². The Kier molecular flexibility index (Phi) is 5.70. The second-order valence-corrected chi connectivity index (χ2v) is 8.56. The van der Waals surface area contributed by atoms with Crippen LogP contribution in [-0.2, 0) is 16.1 Å². The number of fused-ring (bicyclic) bond motifs is 2. The number of aliphatic carboxylic acids is 2. The Labute approximate surface area is 195 Å². The van der Waals surface area contributed by atoms with Gasteiger partial charge in [-0.1, -0.05) is 12.1 Å². The minimum Gasteiger partial charge on any atom is -0.497 e. The summed E-state index contributed by atoms with van der Waals surface area (Å²) in [6.07, 6.45) is 3.07. The number of methoxy groups -OCH3 is 1. The molecule has 1 aliphatic heterocycles. The Morgan fingerprint density at radius 1 is 1.18 bits per heavy atom. The lowest BCUT2D eigenvalue weighted by molar-refractivity contribution is -0.144. The number of para-hydroxylation sites is 2. The van der Waals surface area contributed by atoms with Crippen LogP contribution in [0.25, 0.3) is 22.0 Å². The molecule has 1 atom stereocenters. The number of carboxylic acids is 2. The molecule has 9 nitrogen and oxygen atoms in total. The summed E-state index contributed by atoms with van der Waals surface area (Å²) in [6, 6.07) is 12.0. The van der Waals surface area contributed by atoms with E-state index in [-0.39, 0.29) is 12.5 Å². The van der Waals surface area contributed by atoms with E-state index in [1.165, 1.54) is 0 Å². The molecule has 0 amide bonds. The number of hydrogen-bond donors (Lipinski definition) is 2. The van der Waals surface area contributed by atoms with Crippen molar-refractivity contribution in [1.82, 2.24) is 14.5 Å². The van der Waals surface area contributed by atoms with E-state index < -0.39 is 18.0 Å². The largest absolute Gasteiger partial charge is 0.497 e. The van der Waals surface area contributed by atoms with Crippen LogP contribution in [0.2, 0.25) is 0 Å². The second-order valence-electron chi connectivity index (χ2n) is 8.56. The third-order valence-corrected chi connectivity index (χ3v) is 6.51. The first-order chi connectivity index (χ1) is 16.4. The Morgan fingerprint density at radius 2 is 1.94 bits per heavy atom. The fraction of sp³-hybridized carbons (Fsp3) is 0.320. The molecule has 5 rings (SSSR count). The van der Waals surface area contributed by atoms with E-state index in [1.54, 1.807) is 36.1 Å². The highest BCUT2D eigenvalue weighted by atomic mass is 16.5. The van der Waals surface area contributed by atoms with Gasteiger partial charge in [-0.2, -0.15) is 0 Å². The van der Waals surface area contributed by atoms with E-state index in [2.05, 4.69) is 4.98 Å². The number of hydrogen-bond acceptors (Lipinski definition) is 6. The molecule has 3 heterocycles. The van der Waals surface area contributed by atoms with Crippen molar-refractivity contribution in [3.63, 3.8) is 0 Å². The predicted octanol–water partition coefficient (Wildman–Crippen LogP) is 3.88. The summed E-state index contributed by atoms with van der Waals surface area (Å²) in [6.45, 7) is 0.848. The van der Waals surface area contributed by atoms with Crippen molar-refractivity contribution in [2.45, 2.75) is 31.3 Å². The summed E-state index contributed by atoms with van der Waals surface area (Å²) >= 11 is 0. The van der Waals surface area contributed by atoms with Crippen LogP contribution >= 0.6 is 0 Å². The molecule has 0 aliphatic carbocycles. The molecule has 1 saturated heterocycles. The van der Waals surface area contributed by atoms with Crippen molar-refractivity contribution in [1.29, 1.82) is 0 Å². The van der Waals surface area contributed by atoms with Gasteiger partial charge < -0.3 is 23.9 Å². The van der Waals surface area contributed by atoms with Gasteiger partial charge in [-0.25, -0.2) is 4.98 Å². The first kappa shape index (κ1) is 22.0. The molecule has 1 fully saturated rings. The highest BCUT2D eigenvalue weighted by Gasteiger charge is 2.35. The van der Waals surface area contributed by atoms with E-state index >= 15 is 0 Å². The molecule has 0 saturated carbocycles. The summed E-state index contributed by atoms with van der Waals surface area (Å²) in [4.78, 5) is 30.4. The number of aromatic nitrogens is 2. The zero-order chi connectivity index (χ0) is 23.8.